The van der Waals surface area contributed by atoms with Gasteiger partial charge in [-0.3, -0.25) is 14.3 Å². The largest absolute Gasteiger partial charge is 0.466 e. The molecule has 0 bridgehead atoms. The van der Waals surface area contributed by atoms with Gasteiger partial charge in [0.05, 0.1) is 58.9 Å². The number of esters is 2. The normalized spacial score (nSPS) is 16.2. The van der Waals surface area contributed by atoms with Gasteiger partial charge >= 0.3 is 11.9 Å². The molecule has 1 aliphatic heterocycles. The van der Waals surface area contributed by atoms with Crippen molar-refractivity contribution in [3.05, 3.63) is 92.3 Å². The number of non-ortho nitro benzene ring substituents is 1. The topological polar surface area (TPSA) is 145 Å². The Morgan fingerprint density at radius 3 is 2.32 bits per heavy atom. The first kappa shape index (κ1) is 27.8. The van der Waals surface area contributed by atoms with E-state index in [1.807, 2.05) is 0 Å². The second-order valence-corrected chi connectivity index (χ2v) is 9.85. The molecule has 0 aliphatic carbocycles. The maximum absolute atomic E-state index is 13.3. The van der Waals surface area contributed by atoms with Crippen LogP contribution in [0.15, 0.2) is 76.0 Å². The van der Waals surface area contributed by atoms with Crippen LogP contribution in [0.4, 0.5) is 5.69 Å². The van der Waals surface area contributed by atoms with E-state index in [1.54, 1.807) is 44.2 Å². The molecular weight excluding hydrogens is 500 g/mol. The highest BCUT2D eigenvalue weighted by atomic mass is 32.2. The van der Waals surface area contributed by atoms with Crippen LogP contribution in [0, 0.1) is 10.1 Å². The number of hydrogen-bond donors (Lipinski definition) is 2. The van der Waals surface area contributed by atoms with Crippen molar-refractivity contribution in [3.63, 3.8) is 0 Å². The summed E-state index contributed by atoms with van der Waals surface area (Å²) in [6.07, 6.45) is 0.388. The molecule has 0 saturated heterocycles. The van der Waals surface area contributed by atoms with E-state index >= 15 is 0 Å². The molecule has 1 aliphatic rings. The first-order valence-electron chi connectivity index (χ1n) is 11.4. The second kappa shape index (κ2) is 12.4. The van der Waals surface area contributed by atoms with Gasteiger partial charge in [-0.05, 0) is 37.1 Å². The summed E-state index contributed by atoms with van der Waals surface area (Å²) in [5.74, 6) is -2.11. The van der Waals surface area contributed by atoms with Crippen molar-refractivity contribution in [2.75, 3.05) is 26.1 Å². The van der Waals surface area contributed by atoms with Gasteiger partial charge < -0.3 is 19.9 Å². The van der Waals surface area contributed by atoms with Crippen LogP contribution in [-0.4, -0.2) is 52.3 Å². The number of nitro benzene ring substituents is 1. The van der Waals surface area contributed by atoms with Crippen molar-refractivity contribution in [3.8, 4) is 0 Å². The number of benzene rings is 2. The second-order valence-electron chi connectivity index (χ2n) is 8.28. The average Bonchev–Trinajstić information content (AvgIpc) is 2.88. The van der Waals surface area contributed by atoms with Gasteiger partial charge in [0, 0.05) is 34.8 Å². The molecule has 2 aromatic carbocycles. The van der Waals surface area contributed by atoms with Crippen LogP contribution in [-0.2, 0) is 36.3 Å². The quantitative estimate of drug-likeness (QED) is 0.270. The zero-order chi connectivity index (χ0) is 27.1. The summed E-state index contributed by atoms with van der Waals surface area (Å²) in [5.41, 5.74) is 2.30. The number of nitro groups is 1. The van der Waals surface area contributed by atoms with E-state index in [0.717, 1.165) is 5.56 Å². The lowest BCUT2D eigenvalue weighted by Crippen LogP contribution is -2.32. The predicted octanol–water partition coefficient (Wildman–Crippen LogP) is 2.89. The molecular formula is C26H28N2O8S. The SMILES string of the molecule is COC(=O)C1=C(C)NC(C)=C(C(=O)OCCc2ccc(S(=O)CCO)cc2)C1c1cccc([N+](=O)[O-])c1. The lowest BCUT2D eigenvalue weighted by molar-refractivity contribution is -0.384. The third-order valence-electron chi connectivity index (χ3n) is 5.89. The van der Waals surface area contributed by atoms with E-state index in [9.17, 15) is 23.9 Å². The van der Waals surface area contributed by atoms with Crippen molar-refractivity contribution in [1.29, 1.82) is 0 Å². The smallest absolute Gasteiger partial charge is 0.336 e. The van der Waals surface area contributed by atoms with Gasteiger partial charge in [0.1, 0.15) is 0 Å². The minimum absolute atomic E-state index is 0.0343. The average molecular weight is 529 g/mol. The zero-order valence-corrected chi connectivity index (χ0v) is 21.5. The minimum atomic E-state index is -1.28. The summed E-state index contributed by atoms with van der Waals surface area (Å²) in [6.45, 7) is 3.20. The van der Waals surface area contributed by atoms with Gasteiger partial charge in [0.2, 0.25) is 0 Å². The summed E-state index contributed by atoms with van der Waals surface area (Å²) >= 11 is 0. The highest BCUT2D eigenvalue weighted by molar-refractivity contribution is 7.85. The van der Waals surface area contributed by atoms with Gasteiger partial charge in [0.15, 0.2) is 0 Å². The first-order chi connectivity index (χ1) is 17.7. The van der Waals surface area contributed by atoms with E-state index in [1.165, 1.54) is 25.3 Å². The molecule has 0 aromatic heterocycles. The molecule has 0 spiro atoms. The number of carbonyl (C=O) groups excluding carboxylic acids is 2. The Morgan fingerprint density at radius 2 is 1.73 bits per heavy atom. The highest BCUT2D eigenvalue weighted by Crippen LogP contribution is 2.40. The first-order valence-corrected chi connectivity index (χ1v) is 12.8. The third-order valence-corrected chi connectivity index (χ3v) is 7.24. The third kappa shape index (κ3) is 6.49. The summed E-state index contributed by atoms with van der Waals surface area (Å²) in [7, 11) is -0.0600. The summed E-state index contributed by atoms with van der Waals surface area (Å²) in [5, 5.41) is 23.3. The molecule has 196 valence electrons. The Bertz CT molecular complexity index is 1280. The van der Waals surface area contributed by atoms with Crippen LogP contribution in [0.3, 0.4) is 0 Å². The standard InChI is InChI=1S/C26H28N2O8S/c1-16-22(25(30)35-3)24(19-5-4-6-20(15-19)28(32)33)23(17(2)27-16)26(31)36-13-11-18-7-9-21(10-8-18)37(34)14-12-29/h4-10,15,24,27,29H,11-14H2,1-3H3. The lowest BCUT2D eigenvalue weighted by Gasteiger charge is -2.30. The van der Waals surface area contributed by atoms with Crippen molar-refractivity contribution in [2.24, 2.45) is 0 Å². The number of hydrogen-bond acceptors (Lipinski definition) is 9. The molecule has 3 rings (SSSR count). The molecule has 1 heterocycles. The Morgan fingerprint density at radius 1 is 1.08 bits per heavy atom. The fourth-order valence-electron chi connectivity index (χ4n) is 4.14. The van der Waals surface area contributed by atoms with Crippen molar-refractivity contribution < 1.29 is 33.3 Å². The van der Waals surface area contributed by atoms with Gasteiger partial charge in [-0.25, -0.2) is 9.59 Å². The number of nitrogens with zero attached hydrogens (tertiary/aromatic N) is 1. The molecule has 2 N–H and O–H groups in total. The van der Waals surface area contributed by atoms with Crippen LogP contribution in [0.5, 0.6) is 0 Å². The maximum Gasteiger partial charge on any atom is 0.336 e. The summed E-state index contributed by atoms with van der Waals surface area (Å²) < 4.78 is 22.5. The molecule has 0 amide bonds. The molecule has 0 radical (unpaired) electrons. The highest BCUT2D eigenvalue weighted by Gasteiger charge is 2.38. The summed E-state index contributed by atoms with van der Waals surface area (Å²) in [6, 6.07) is 12.7. The van der Waals surface area contributed by atoms with E-state index in [-0.39, 0.29) is 35.8 Å². The number of aliphatic hydroxyl groups is 1. The molecule has 0 saturated carbocycles. The number of methoxy groups -OCH3 is 1. The fourth-order valence-corrected chi connectivity index (χ4v) is 4.99. The van der Waals surface area contributed by atoms with Gasteiger partial charge in [0.25, 0.3) is 5.69 Å². The molecule has 37 heavy (non-hydrogen) atoms. The van der Waals surface area contributed by atoms with E-state index < -0.39 is 33.6 Å². The number of aliphatic hydroxyl groups excluding tert-OH is 1. The molecule has 11 heteroatoms. The van der Waals surface area contributed by atoms with Crippen LogP contribution >= 0.6 is 0 Å². The van der Waals surface area contributed by atoms with Gasteiger partial charge in [-0.15, -0.1) is 0 Å². The van der Waals surface area contributed by atoms with Crippen molar-refractivity contribution in [2.45, 2.75) is 31.1 Å². The Kier molecular flexibility index (Phi) is 9.31. The van der Waals surface area contributed by atoms with Gasteiger partial charge in [-0.2, -0.15) is 0 Å². The predicted molar refractivity (Wildman–Crippen MR) is 136 cm³/mol. The van der Waals surface area contributed by atoms with Crippen LogP contribution < -0.4 is 5.32 Å². The molecule has 10 nitrogen and oxygen atoms in total. The van der Waals surface area contributed by atoms with Crippen molar-refractivity contribution in [1.82, 2.24) is 5.32 Å². The monoisotopic (exact) mass is 528 g/mol. The fraction of sp³-hybridized carbons (Fsp3) is 0.308. The molecule has 2 unspecified atom stereocenters. The zero-order valence-electron chi connectivity index (χ0n) is 20.7. The number of rotatable bonds is 10. The number of allylic oxidation sites excluding steroid dienone is 2. The van der Waals surface area contributed by atoms with Crippen LogP contribution in [0.25, 0.3) is 0 Å². The van der Waals surface area contributed by atoms with Crippen molar-refractivity contribution >= 4 is 28.4 Å². The minimum Gasteiger partial charge on any atom is -0.466 e. The number of carbonyl (C=O) groups is 2. The van der Waals surface area contributed by atoms with Gasteiger partial charge in [-0.1, -0.05) is 24.3 Å². The number of dihydropyridines is 1. The Balaban J connectivity index is 1.84. The Hall–Kier alpha value is -3.83. The maximum atomic E-state index is 13.3. The molecule has 2 atom stereocenters. The van der Waals surface area contributed by atoms with E-state index in [2.05, 4.69) is 5.32 Å². The van der Waals surface area contributed by atoms with E-state index in [4.69, 9.17) is 14.6 Å². The molecule has 2 aromatic rings. The van der Waals surface area contributed by atoms with Crippen LogP contribution in [0.1, 0.15) is 30.9 Å². The lowest BCUT2D eigenvalue weighted by atomic mass is 9.80. The molecule has 0 fully saturated rings. The number of nitrogens with one attached hydrogen (secondary N) is 1. The van der Waals surface area contributed by atoms with Crippen LogP contribution in [0.2, 0.25) is 0 Å². The Labute approximate surface area is 216 Å². The number of ether oxygens (including phenoxy) is 2. The summed E-state index contributed by atoms with van der Waals surface area (Å²) in [4.78, 5) is 37.4. The van der Waals surface area contributed by atoms with E-state index in [0.29, 0.717) is 28.3 Å².